The van der Waals surface area contributed by atoms with Gasteiger partial charge < -0.3 is 14.1 Å². The summed E-state index contributed by atoms with van der Waals surface area (Å²) >= 11 is 0. The number of amides is 1. The van der Waals surface area contributed by atoms with E-state index >= 15 is 0 Å². The molecule has 2 saturated carbocycles. The van der Waals surface area contributed by atoms with Gasteiger partial charge in [-0.3, -0.25) is 9.59 Å². The van der Waals surface area contributed by atoms with Crippen molar-refractivity contribution >= 4 is 11.9 Å². The number of nitrogens with zero attached hydrogens (tertiary/aromatic N) is 1. The molecule has 1 spiro atoms. The quantitative estimate of drug-likeness (QED) is 0.805. The molecule has 1 aromatic rings. The Balaban J connectivity index is 1.41. The molecule has 3 aliphatic rings. The lowest BCUT2D eigenvalue weighted by Crippen LogP contribution is -2.40. The Morgan fingerprint density at radius 2 is 2.05 bits per heavy atom. The van der Waals surface area contributed by atoms with E-state index in [1.807, 2.05) is 4.90 Å². The van der Waals surface area contributed by atoms with Crippen molar-refractivity contribution in [1.82, 2.24) is 4.90 Å². The van der Waals surface area contributed by atoms with Crippen molar-refractivity contribution in [3.8, 4) is 0 Å². The first-order valence-corrected chi connectivity index (χ1v) is 8.09. The largest absolute Gasteiger partial charge is 0.469 e. The van der Waals surface area contributed by atoms with Gasteiger partial charge in [0.2, 0.25) is 0 Å². The molecule has 0 unspecified atom stereocenters. The molecule has 3 fully saturated rings. The number of furan rings is 1. The number of hydrogen-bond donors (Lipinski definition) is 0. The van der Waals surface area contributed by atoms with Gasteiger partial charge in [-0.15, -0.1) is 0 Å². The fourth-order valence-electron chi connectivity index (χ4n) is 3.86. The van der Waals surface area contributed by atoms with Crippen molar-refractivity contribution in [2.24, 2.45) is 11.3 Å². The molecule has 1 atom stereocenters. The van der Waals surface area contributed by atoms with Gasteiger partial charge in [-0.25, -0.2) is 0 Å². The van der Waals surface area contributed by atoms with Crippen LogP contribution in [0.1, 0.15) is 54.1 Å². The average Bonchev–Trinajstić information content (AvgIpc) is 3.46. The first kappa shape index (κ1) is 13.9. The number of carbonyl (C=O) groups excluding carboxylic acids is 2. The molecule has 1 amide bonds. The van der Waals surface area contributed by atoms with Crippen LogP contribution in [0.2, 0.25) is 0 Å². The van der Waals surface area contributed by atoms with Crippen LogP contribution >= 0.6 is 0 Å². The lowest BCUT2D eigenvalue weighted by Gasteiger charge is -2.32. The topological polar surface area (TPSA) is 59.8 Å². The normalized spacial score (nSPS) is 26.0. The molecule has 2 aliphatic carbocycles. The molecule has 0 aromatic carbocycles. The minimum Gasteiger partial charge on any atom is -0.469 e. The summed E-state index contributed by atoms with van der Waals surface area (Å²) in [6.45, 7) is 1.45. The molecular formula is C17H21NO4. The number of carbonyl (C=O) groups is 2. The second-order valence-corrected chi connectivity index (χ2v) is 6.91. The minimum atomic E-state index is -0.0920. The van der Waals surface area contributed by atoms with E-state index in [0.717, 1.165) is 56.5 Å². The first-order valence-electron chi connectivity index (χ1n) is 8.09. The molecule has 4 rings (SSSR count). The fraction of sp³-hybridized carbons (Fsp3) is 0.647. The van der Waals surface area contributed by atoms with Crippen LogP contribution in [0.25, 0.3) is 0 Å². The van der Waals surface area contributed by atoms with Crippen molar-refractivity contribution in [3.63, 3.8) is 0 Å². The molecule has 0 radical (unpaired) electrons. The van der Waals surface area contributed by atoms with Crippen molar-refractivity contribution in [3.05, 3.63) is 23.7 Å². The van der Waals surface area contributed by atoms with Gasteiger partial charge in [0.1, 0.15) is 5.76 Å². The summed E-state index contributed by atoms with van der Waals surface area (Å²) in [6, 6.07) is 1.80. The standard InChI is InChI=1S/C17H21NO4/c1-21-16(20)13-10-17(13)5-7-18(8-6-17)15(19)12-4-9-22-14(12)11-2-3-11/h4,9,11,13H,2-3,5-8,10H2,1H3/t13-/m1/s1. The predicted octanol–water partition coefficient (Wildman–Crippen LogP) is 2.57. The number of likely N-dealkylation sites (tertiary alicyclic amines) is 1. The fourth-order valence-corrected chi connectivity index (χ4v) is 3.86. The molecular weight excluding hydrogens is 282 g/mol. The zero-order chi connectivity index (χ0) is 15.3. The van der Waals surface area contributed by atoms with Crippen LogP contribution in [0.5, 0.6) is 0 Å². The van der Waals surface area contributed by atoms with Gasteiger partial charge in [0.25, 0.3) is 5.91 Å². The van der Waals surface area contributed by atoms with Crippen molar-refractivity contribution in [2.75, 3.05) is 20.2 Å². The van der Waals surface area contributed by atoms with Crippen LogP contribution in [-0.4, -0.2) is 37.0 Å². The van der Waals surface area contributed by atoms with Crippen LogP contribution in [0.4, 0.5) is 0 Å². The Kier molecular flexibility index (Phi) is 3.06. The maximum atomic E-state index is 12.7. The summed E-state index contributed by atoms with van der Waals surface area (Å²) < 4.78 is 10.4. The zero-order valence-electron chi connectivity index (χ0n) is 12.8. The smallest absolute Gasteiger partial charge is 0.309 e. The molecule has 5 heteroatoms. The van der Waals surface area contributed by atoms with Crippen molar-refractivity contribution in [1.29, 1.82) is 0 Å². The Morgan fingerprint density at radius 3 is 2.68 bits per heavy atom. The van der Waals surface area contributed by atoms with Crippen LogP contribution in [0.15, 0.2) is 16.7 Å². The lowest BCUT2D eigenvalue weighted by atomic mass is 9.90. The third kappa shape index (κ3) is 2.14. The van der Waals surface area contributed by atoms with E-state index in [9.17, 15) is 9.59 Å². The number of methoxy groups -OCH3 is 1. The van der Waals surface area contributed by atoms with Gasteiger partial charge in [0, 0.05) is 19.0 Å². The average molecular weight is 303 g/mol. The predicted molar refractivity (Wildman–Crippen MR) is 78.4 cm³/mol. The monoisotopic (exact) mass is 303 g/mol. The molecule has 1 saturated heterocycles. The summed E-state index contributed by atoms with van der Waals surface area (Å²) in [5, 5.41) is 0. The van der Waals surface area contributed by atoms with Gasteiger partial charge in [0.05, 0.1) is 24.9 Å². The summed E-state index contributed by atoms with van der Waals surface area (Å²) in [5.41, 5.74) is 0.832. The molecule has 22 heavy (non-hydrogen) atoms. The van der Waals surface area contributed by atoms with Gasteiger partial charge in [-0.2, -0.15) is 0 Å². The summed E-state index contributed by atoms with van der Waals surface area (Å²) in [5.74, 6) is 1.35. The maximum Gasteiger partial charge on any atom is 0.309 e. The highest BCUT2D eigenvalue weighted by atomic mass is 16.5. The SMILES string of the molecule is COC(=O)[C@H]1CC12CCN(C(=O)c1ccoc1C1CC1)CC2. The van der Waals surface area contributed by atoms with E-state index in [4.69, 9.17) is 9.15 Å². The minimum absolute atomic E-state index is 0.0469. The highest BCUT2D eigenvalue weighted by molar-refractivity contribution is 5.95. The third-order valence-electron chi connectivity index (χ3n) is 5.60. The molecule has 0 N–H and O–H groups in total. The highest BCUT2D eigenvalue weighted by Gasteiger charge is 2.59. The van der Waals surface area contributed by atoms with Crippen molar-refractivity contribution in [2.45, 2.75) is 38.0 Å². The number of ether oxygens (including phenoxy) is 1. The summed E-state index contributed by atoms with van der Waals surface area (Å²) in [4.78, 5) is 26.3. The molecule has 5 nitrogen and oxygen atoms in total. The van der Waals surface area contributed by atoms with E-state index in [0.29, 0.717) is 5.92 Å². The second kappa shape index (κ2) is 4.86. The van der Waals surface area contributed by atoms with Gasteiger partial charge in [-0.1, -0.05) is 0 Å². The van der Waals surface area contributed by atoms with Crippen molar-refractivity contribution < 1.29 is 18.7 Å². The number of esters is 1. The Labute approximate surface area is 129 Å². The van der Waals surface area contributed by atoms with Crippen LogP contribution in [0, 0.1) is 11.3 Å². The van der Waals surface area contributed by atoms with E-state index < -0.39 is 0 Å². The zero-order valence-corrected chi connectivity index (χ0v) is 12.8. The number of hydrogen-bond acceptors (Lipinski definition) is 4. The number of piperidine rings is 1. The Morgan fingerprint density at radius 1 is 1.32 bits per heavy atom. The van der Waals surface area contributed by atoms with E-state index in [1.165, 1.54) is 7.11 Å². The first-order chi connectivity index (χ1) is 10.6. The lowest BCUT2D eigenvalue weighted by molar-refractivity contribution is -0.143. The molecule has 118 valence electrons. The van der Waals surface area contributed by atoms with Gasteiger partial charge in [-0.05, 0) is 43.6 Å². The van der Waals surface area contributed by atoms with Gasteiger partial charge in [0.15, 0.2) is 0 Å². The van der Waals surface area contributed by atoms with E-state index in [2.05, 4.69) is 0 Å². The Hall–Kier alpha value is -1.78. The molecule has 0 bridgehead atoms. The van der Waals surface area contributed by atoms with Crippen LogP contribution < -0.4 is 0 Å². The van der Waals surface area contributed by atoms with Crippen LogP contribution in [-0.2, 0) is 9.53 Å². The Bertz CT molecular complexity index is 608. The molecule has 1 aliphatic heterocycles. The molecule has 2 heterocycles. The highest BCUT2D eigenvalue weighted by Crippen LogP contribution is 2.59. The number of rotatable bonds is 3. The molecule has 1 aromatic heterocycles. The van der Waals surface area contributed by atoms with Gasteiger partial charge >= 0.3 is 5.97 Å². The summed E-state index contributed by atoms with van der Waals surface area (Å²) in [6.07, 6.45) is 6.58. The second-order valence-electron chi connectivity index (χ2n) is 6.91. The maximum absolute atomic E-state index is 12.7. The summed E-state index contributed by atoms with van der Waals surface area (Å²) in [7, 11) is 1.45. The van der Waals surface area contributed by atoms with E-state index in [1.54, 1.807) is 12.3 Å². The van der Waals surface area contributed by atoms with E-state index in [-0.39, 0.29) is 23.2 Å². The van der Waals surface area contributed by atoms with Crippen LogP contribution in [0.3, 0.4) is 0 Å². The third-order valence-corrected chi connectivity index (χ3v) is 5.60.